The first-order valence-electron chi connectivity index (χ1n) is 6.37. The summed E-state index contributed by atoms with van der Waals surface area (Å²) >= 11 is 5.81. The second-order valence-corrected chi connectivity index (χ2v) is 5.18. The van der Waals surface area contributed by atoms with Crippen LogP contribution < -0.4 is 0 Å². The Balaban J connectivity index is 2.80. The van der Waals surface area contributed by atoms with E-state index in [2.05, 4.69) is 9.72 Å². The molecule has 0 saturated heterocycles. The van der Waals surface area contributed by atoms with Crippen molar-refractivity contribution in [3.63, 3.8) is 0 Å². The Kier molecular flexibility index (Phi) is 4.14. The molecule has 0 amide bonds. The molecule has 0 aliphatic carbocycles. The average Bonchev–Trinajstić information content (AvgIpc) is 2.72. The van der Waals surface area contributed by atoms with Gasteiger partial charge in [0.1, 0.15) is 0 Å². The number of aromatic nitrogens is 1. The standard InChI is InChI=1S/C14H13ClF3NO3/c1-3-22-12(20)13(21,14(16,17)18)11-7(2)19-10-5-4-8(15)6-9(10)11/h4-6,19,21H,3H2,1-2H3. The first kappa shape index (κ1) is 16.6. The molecule has 1 unspecified atom stereocenters. The number of fused-ring (bicyclic) bond motifs is 1. The Morgan fingerprint density at radius 1 is 1.41 bits per heavy atom. The van der Waals surface area contributed by atoms with E-state index in [1.54, 1.807) is 0 Å². The highest BCUT2D eigenvalue weighted by molar-refractivity contribution is 6.31. The second kappa shape index (κ2) is 5.48. The van der Waals surface area contributed by atoms with Gasteiger partial charge in [0.05, 0.1) is 6.61 Å². The molecule has 0 aliphatic heterocycles. The van der Waals surface area contributed by atoms with Gasteiger partial charge in [-0.25, -0.2) is 4.79 Å². The van der Waals surface area contributed by atoms with Crippen LogP contribution in [-0.2, 0) is 15.1 Å². The summed E-state index contributed by atoms with van der Waals surface area (Å²) < 4.78 is 44.8. The van der Waals surface area contributed by atoms with Crippen LogP contribution in [0.4, 0.5) is 13.2 Å². The van der Waals surface area contributed by atoms with Gasteiger partial charge in [-0.2, -0.15) is 13.2 Å². The van der Waals surface area contributed by atoms with E-state index < -0.39 is 23.3 Å². The van der Waals surface area contributed by atoms with Crippen LogP contribution >= 0.6 is 11.6 Å². The molecule has 0 radical (unpaired) electrons. The molecule has 1 aromatic carbocycles. The number of carbonyl (C=O) groups is 1. The highest BCUT2D eigenvalue weighted by Crippen LogP contribution is 2.44. The Labute approximate surface area is 128 Å². The molecule has 120 valence electrons. The number of alkyl halides is 3. The van der Waals surface area contributed by atoms with Crippen molar-refractivity contribution in [3.05, 3.63) is 34.5 Å². The first-order chi connectivity index (χ1) is 10.1. The highest BCUT2D eigenvalue weighted by atomic mass is 35.5. The number of esters is 1. The third kappa shape index (κ3) is 2.44. The van der Waals surface area contributed by atoms with Crippen LogP contribution in [0.5, 0.6) is 0 Å². The Hall–Kier alpha value is -1.73. The summed E-state index contributed by atoms with van der Waals surface area (Å²) in [6.07, 6.45) is -5.25. The van der Waals surface area contributed by atoms with Gasteiger partial charge in [-0.1, -0.05) is 11.6 Å². The predicted octanol–water partition coefficient (Wildman–Crippen LogP) is 3.44. The Morgan fingerprint density at radius 2 is 2.05 bits per heavy atom. The number of rotatable bonds is 3. The van der Waals surface area contributed by atoms with Gasteiger partial charge in [0.2, 0.25) is 0 Å². The van der Waals surface area contributed by atoms with E-state index in [0.29, 0.717) is 5.52 Å². The van der Waals surface area contributed by atoms with Crippen molar-refractivity contribution in [2.75, 3.05) is 6.61 Å². The van der Waals surface area contributed by atoms with Gasteiger partial charge < -0.3 is 14.8 Å². The van der Waals surface area contributed by atoms with Crippen molar-refractivity contribution < 1.29 is 27.8 Å². The molecule has 0 saturated carbocycles. The van der Waals surface area contributed by atoms with Crippen molar-refractivity contribution >= 4 is 28.5 Å². The molecular weight excluding hydrogens is 323 g/mol. The first-order valence-corrected chi connectivity index (χ1v) is 6.75. The van der Waals surface area contributed by atoms with Crippen molar-refractivity contribution in [1.29, 1.82) is 0 Å². The molecule has 0 bridgehead atoms. The summed E-state index contributed by atoms with van der Waals surface area (Å²) in [7, 11) is 0. The lowest BCUT2D eigenvalue weighted by Gasteiger charge is -2.28. The third-order valence-corrected chi connectivity index (χ3v) is 3.53. The van der Waals surface area contributed by atoms with Crippen LogP contribution in [0.3, 0.4) is 0 Å². The molecule has 0 spiro atoms. The number of carbonyl (C=O) groups excluding carboxylic acids is 1. The normalized spacial score (nSPS) is 14.9. The zero-order valence-corrected chi connectivity index (χ0v) is 12.5. The van der Waals surface area contributed by atoms with E-state index in [0.717, 1.165) is 0 Å². The van der Waals surface area contributed by atoms with Gasteiger partial charge in [0, 0.05) is 27.2 Å². The fourth-order valence-corrected chi connectivity index (χ4v) is 2.53. The van der Waals surface area contributed by atoms with Gasteiger partial charge >= 0.3 is 12.1 Å². The van der Waals surface area contributed by atoms with Gasteiger partial charge in [0.25, 0.3) is 5.60 Å². The molecule has 1 atom stereocenters. The maximum atomic E-state index is 13.5. The van der Waals surface area contributed by atoms with Crippen molar-refractivity contribution in [3.8, 4) is 0 Å². The maximum Gasteiger partial charge on any atom is 0.432 e. The summed E-state index contributed by atoms with van der Waals surface area (Å²) in [4.78, 5) is 14.6. The number of aliphatic hydroxyl groups is 1. The summed E-state index contributed by atoms with van der Waals surface area (Å²) in [5, 5.41) is 10.4. The molecule has 0 aliphatic rings. The summed E-state index contributed by atoms with van der Waals surface area (Å²) in [5.41, 5.74) is -4.04. The van der Waals surface area contributed by atoms with E-state index in [4.69, 9.17) is 11.6 Å². The lowest BCUT2D eigenvalue weighted by molar-refractivity contribution is -0.267. The van der Waals surface area contributed by atoms with Gasteiger partial charge in [-0.15, -0.1) is 0 Å². The van der Waals surface area contributed by atoms with E-state index in [-0.39, 0.29) is 22.7 Å². The molecule has 1 heterocycles. The number of aryl methyl sites for hydroxylation is 1. The van der Waals surface area contributed by atoms with Gasteiger partial charge in [-0.05, 0) is 32.0 Å². The SMILES string of the molecule is CCOC(=O)C(O)(c1c(C)[nH]c2ccc(Cl)cc12)C(F)(F)F. The van der Waals surface area contributed by atoms with E-state index in [9.17, 15) is 23.1 Å². The monoisotopic (exact) mass is 335 g/mol. The van der Waals surface area contributed by atoms with E-state index in [1.165, 1.54) is 32.0 Å². The highest BCUT2D eigenvalue weighted by Gasteiger charge is 2.63. The third-order valence-electron chi connectivity index (χ3n) is 3.29. The maximum absolute atomic E-state index is 13.5. The summed E-state index contributed by atoms with van der Waals surface area (Å²) in [5.74, 6) is -1.77. The molecular formula is C14H13ClF3NO3. The second-order valence-electron chi connectivity index (χ2n) is 4.74. The molecule has 2 aromatic rings. The predicted molar refractivity (Wildman–Crippen MR) is 74.6 cm³/mol. The van der Waals surface area contributed by atoms with Crippen LogP contribution in [-0.4, -0.2) is 28.8 Å². The molecule has 8 heteroatoms. The van der Waals surface area contributed by atoms with E-state index >= 15 is 0 Å². The van der Waals surface area contributed by atoms with Crippen LogP contribution in [0.25, 0.3) is 10.9 Å². The minimum Gasteiger partial charge on any atom is -0.463 e. The van der Waals surface area contributed by atoms with Crippen LogP contribution in [0.1, 0.15) is 18.2 Å². The molecule has 22 heavy (non-hydrogen) atoms. The van der Waals surface area contributed by atoms with Crippen LogP contribution in [0.2, 0.25) is 5.02 Å². The number of halogens is 4. The number of hydrogen-bond donors (Lipinski definition) is 2. The van der Waals surface area contributed by atoms with E-state index in [1.807, 2.05) is 0 Å². The number of hydrogen-bond acceptors (Lipinski definition) is 3. The Bertz CT molecular complexity index is 726. The zero-order chi connectivity index (χ0) is 16.7. The molecule has 0 fully saturated rings. The number of nitrogens with one attached hydrogen (secondary N) is 1. The van der Waals surface area contributed by atoms with Gasteiger partial charge in [0.15, 0.2) is 0 Å². The van der Waals surface area contributed by atoms with Crippen LogP contribution in [0.15, 0.2) is 18.2 Å². The smallest absolute Gasteiger partial charge is 0.432 e. The summed E-state index contributed by atoms with van der Waals surface area (Å²) in [6.45, 7) is 2.40. The lowest BCUT2D eigenvalue weighted by Crippen LogP contribution is -2.50. The largest absolute Gasteiger partial charge is 0.463 e. The molecule has 4 nitrogen and oxygen atoms in total. The number of benzene rings is 1. The van der Waals surface area contributed by atoms with Crippen LogP contribution in [0, 0.1) is 6.92 Å². The summed E-state index contributed by atoms with van der Waals surface area (Å²) in [6, 6.07) is 4.21. The average molecular weight is 336 g/mol. The van der Waals surface area contributed by atoms with Crippen molar-refractivity contribution in [2.45, 2.75) is 25.6 Å². The molecule has 2 rings (SSSR count). The molecule has 1 aromatic heterocycles. The van der Waals surface area contributed by atoms with Gasteiger partial charge in [-0.3, -0.25) is 0 Å². The van der Waals surface area contributed by atoms with Crippen molar-refractivity contribution in [1.82, 2.24) is 4.98 Å². The van der Waals surface area contributed by atoms with Crippen molar-refractivity contribution in [2.24, 2.45) is 0 Å². The number of ether oxygens (including phenoxy) is 1. The quantitative estimate of drug-likeness (QED) is 0.845. The number of H-pyrrole nitrogens is 1. The zero-order valence-electron chi connectivity index (χ0n) is 11.7. The number of aromatic amines is 1. The minimum absolute atomic E-state index is 0.00476. The topological polar surface area (TPSA) is 62.3 Å². The Morgan fingerprint density at radius 3 is 2.59 bits per heavy atom. The lowest BCUT2D eigenvalue weighted by atomic mass is 9.90. The fraction of sp³-hybridized carbons (Fsp3) is 0.357. The fourth-order valence-electron chi connectivity index (χ4n) is 2.36. The minimum atomic E-state index is -5.25. The molecule has 2 N–H and O–H groups in total.